The highest BCUT2D eigenvalue weighted by Gasteiger charge is 2.19. The summed E-state index contributed by atoms with van der Waals surface area (Å²) in [4.78, 5) is 22.9. The van der Waals surface area contributed by atoms with E-state index in [2.05, 4.69) is 11.9 Å². The minimum atomic E-state index is -0.886. The molecule has 108 valence electrons. The number of hydrogen-bond acceptors (Lipinski definition) is 2. The number of carbonyl (C=O) groups is 2. The molecule has 0 radical (unpaired) electrons. The summed E-state index contributed by atoms with van der Waals surface area (Å²) in [5.41, 5.74) is 5.88. The summed E-state index contributed by atoms with van der Waals surface area (Å²) in [5.74, 6) is -2.79. The first-order valence-electron chi connectivity index (χ1n) is 5.96. The highest BCUT2D eigenvalue weighted by atomic mass is 19.1. The molecule has 0 aliphatic rings. The molecule has 20 heavy (non-hydrogen) atoms. The molecule has 0 aliphatic carbocycles. The second-order valence-corrected chi connectivity index (χ2v) is 4.60. The van der Waals surface area contributed by atoms with Gasteiger partial charge in [-0.3, -0.25) is 9.59 Å². The van der Waals surface area contributed by atoms with Crippen molar-refractivity contribution in [1.82, 2.24) is 5.32 Å². The van der Waals surface area contributed by atoms with Crippen LogP contribution in [0.1, 0.15) is 18.9 Å². The van der Waals surface area contributed by atoms with Gasteiger partial charge in [-0.1, -0.05) is 11.6 Å². The summed E-state index contributed by atoms with van der Waals surface area (Å²) >= 11 is 0. The fourth-order valence-corrected chi connectivity index (χ4v) is 1.65. The molecular formula is C14H16F2N2O2. The van der Waals surface area contributed by atoms with E-state index < -0.39 is 29.5 Å². The Morgan fingerprint density at radius 3 is 2.55 bits per heavy atom. The Hall–Kier alpha value is -2.24. The monoisotopic (exact) mass is 282 g/mol. The van der Waals surface area contributed by atoms with Crippen molar-refractivity contribution in [3.05, 3.63) is 47.5 Å². The third kappa shape index (κ3) is 4.79. The molecule has 0 saturated heterocycles. The van der Waals surface area contributed by atoms with Gasteiger partial charge in [-0.25, -0.2) is 8.78 Å². The Balaban J connectivity index is 2.70. The summed E-state index contributed by atoms with van der Waals surface area (Å²) in [6, 6.07) is 2.05. The van der Waals surface area contributed by atoms with Gasteiger partial charge in [-0.15, -0.1) is 6.58 Å². The van der Waals surface area contributed by atoms with Crippen LogP contribution >= 0.6 is 0 Å². The summed E-state index contributed by atoms with van der Waals surface area (Å²) < 4.78 is 26.1. The molecule has 1 atom stereocenters. The van der Waals surface area contributed by atoms with Crippen molar-refractivity contribution in [2.45, 2.75) is 25.8 Å². The molecule has 4 nitrogen and oxygen atoms in total. The van der Waals surface area contributed by atoms with Gasteiger partial charge < -0.3 is 11.1 Å². The molecule has 2 amide bonds. The summed E-state index contributed by atoms with van der Waals surface area (Å²) in [6.07, 6.45) is -0.0843. The van der Waals surface area contributed by atoms with E-state index in [4.69, 9.17) is 5.73 Å². The SMILES string of the molecule is C=C(C)C[C@H](NC(=O)Cc1ccc(F)cc1F)C(N)=O. The van der Waals surface area contributed by atoms with Crippen molar-refractivity contribution >= 4 is 11.8 Å². The Labute approximate surface area is 115 Å². The quantitative estimate of drug-likeness (QED) is 0.775. The van der Waals surface area contributed by atoms with Crippen molar-refractivity contribution in [3.63, 3.8) is 0 Å². The topological polar surface area (TPSA) is 72.2 Å². The maximum absolute atomic E-state index is 13.4. The van der Waals surface area contributed by atoms with Gasteiger partial charge >= 0.3 is 0 Å². The van der Waals surface area contributed by atoms with Gasteiger partial charge in [-0.05, 0) is 25.0 Å². The molecule has 0 aliphatic heterocycles. The minimum absolute atomic E-state index is 0.0439. The maximum Gasteiger partial charge on any atom is 0.240 e. The van der Waals surface area contributed by atoms with Gasteiger partial charge in [0, 0.05) is 6.07 Å². The molecule has 1 rings (SSSR count). The molecular weight excluding hydrogens is 266 g/mol. The third-order valence-corrected chi connectivity index (χ3v) is 2.60. The maximum atomic E-state index is 13.4. The standard InChI is InChI=1S/C14H16F2N2O2/c1-8(2)5-12(14(17)20)18-13(19)6-9-3-4-10(15)7-11(9)16/h3-4,7,12H,1,5-6H2,2H3,(H2,17,20)(H,18,19)/t12-/m0/s1. The number of benzene rings is 1. The Kier molecular flexibility index (Phi) is 5.37. The van der Waals surface area contributed by atoms with Crippen LogP contribution < -0.4 is 11.1 Å². The first-order chi connectivity index (χ1) is 9.29. The predicted octanol–water partition coefficient (Wildman–Crippen LogP) is 1.44. The number of rotatable bonds is 6. The van der Waals surface area contributed by atoms with Gasteiger partial charge in [0.05, 0.1) is 6.42 Å². The average molecular weight is 282 g/mol. The van der Waals surface area contributed by atoms with Crippen LogP contribution in [-0.4, -0.2) is 17.9 Å². The van der Waals surface area contributed by atoms with Crippen molar-refractivity contribution in [3.8, 4) is 0 Å². The first kappa shape index (κ1) is 15.8. The zero-order valence-electron chi connectivity index (χ0n) is 11.1. The second kappa shape index (κ2) is 6.79. The van der Waals surface area contributed by atoms with Crippen LogP contribution in [0.3, 0.4) is 0 Å². The van der Waals surface area contributed by atoms with Crippen LogP contribution in [0.2, 0.25) is 0 Å². The highest BCUT2D eigenvalue weighted by Crippen LogP contribution is 2.10. The van der Waals surface area contributed by atoms with E-state index in [9.17, 15) is 18.4 Å². The van der Waals surface area contributed by atoms with Gasteiger partial charge in [0.15, 0.2) is 0 Å². The first-order valence-corrected chi connectivity index (χ1v) is 5.96. The van der Waals surface area contributed by atoms with Crippen LogP contribution in [-0.2, 0) is 16.0 Å². The fourth-order valence-electron chi connectivity index (χ4n) is 1.65. The normalized spacial score (nSPS) is 11.8. The number of nitrogens with two attached hydrogens (primary N) is 1. The molecule has 0 spiro atoms. The molecule has 3 N–H and O–H groups in total. The lowest BCUT2D eigenvalue weighted by Gasteiger charge is -2.15. The largest absolute Gasteiger partial charge is 0.368 e. The number of primary amides is 1. The summed E-state index contributed by atoms with van der Waals surface area (Å²) in [7, 11) is 0. The number of amides is 2. The van der Waals surface area contributed by atoms with Crippen LogP contribution in [0.4, 0.5) is 8.78 Å². The molecule has 0 saturated carbocycles. The third-order valence-electron chi connectivity index (χ3n) is 2.60. The van der Waals surface area contributed by atoms with Crippen molar-refractivity contribution < 1.29 is 18.4 Å². The molecule has 0 heterocycles. The van der Waals surface area contributed by atoms with Crippen molar-refractivity contribution in [1.29, 1.82) is 0 Å². The van der Waals surface area contributed by atoms with E-state index in [0.717, 1.165) is 6.07 Å². The fraction of sp³-hybridized carbons (Fsp3) is 0.286. The summed E-state index contributed by atoms with van der Waals surface area (Å²) in [5, 5.41) is 2.40. The zero-order chi connectivity index (χ0) is 15.3. The molecule has 0 bridgehead atoms. The number of carbonyl (C=O) groups excluding carboxylic acids is 2. The van der Waals surface area contributed by atoms with Gasteiger partial charge in [0.2, 0.25) is 11.8 Å². The van der Waals surface area contributed by atoms with E-state index >= 15 is 0 Å². The lowest BCUT2D eigenvalue weighted by atomic mass is 10.1. The van der Waals surface area contributed by atoms with Gasteiger partial charge in [-0.2, -0.15) is 0 Å². The molecule has 0 fully saturated rings. The van der Waals surface area contributed by atoms with Crippen molar-refractivity contribution in [2.75, 3.05) is 0 Å². The molecule has 1 aromatic carbocycles. The molecule has 0 unspecified atom stereocenters. The van der Waals surface area contributed by atoms with E-state index in [-0.39, 0.29) is 18.4 Å². The minimum Gasteiger partial charge on any atom is -0.368 e. The molecule has 6 heteroatoms. The Bertz CT molecular complexity index is 544. The molecule has 0 aromatic heterocycles. The molecule has 1 aromatic rings. The predicted molar refractivity (Wildman–Crippen MR) is 70.6 cm³/mol. The Morgan fingerprint density at radius 2 is 2.05 bits per heavy atom. The average Bonchev–Trinajstić information content (AvgIpc) is 2.31. The van der Waals surface area contributed by atoms with Crippen LogP contribution in [0.25, 0.3) is 0 Å². The van der Waals surface area contributed by atoms with Crippen LogP contribution in [0.15, 0.2) is 30.4 Å². The smallest absolute Gasteiger partial charge is 0.240 e. The van der Waals surface area contributed by atoms with E-state index in [0.29, 0.717) is 11.6 Å². The number of halogens is 2. The van der Waals surface area contributed by atoms with E-state index in [1.165, 1.54) is 6.07 Å². The number of nitrogens with one attached hydrogen (secondary N) is 1. The van der Waals surface area contributed by atoms with E-state index in [1.807, 2.05) is 0 Å². The Morgan fingerprint density at radius 1 is 1.40 bits per heavy atom. The lowest BCUT2D eigenvalue weighted by molar-refractivity contribution is -0.127. The van der Waals surface area contributed by atoms with E-state index in [1.54, 1.807) is 6.92 Å². The highest BCUT2D eigenvalue weighted by molar-refractivity contribution is 5.87. The van der Waals surface area contributed by atoms with Crippen molar-refractivity contribution in [2.24, 2.45) is 5.73 Å². The lowest BCUT2D eigenvalue weighted by Crippen LogP contribution is -2.45. The summed E-state index contributed by atoms with van der Waals surface area (Å²) in [6.45, 7) is 5.33. The van der Waals surface area contributed by atoms with Gasteiger partial charge in [0.1, 0.15) is 17.7 Å². The van der Waals surface area contributed by atoms with Crippen LogP contribution in [0.5, 0.6) is 0 Å². The number of hydrogen-bond donors (Lipinski definition) is 2. The van der Waals surface area contributed by atoms with Crippen LogP contribution in [0, 0.1) is 11.6 Å². The second-order valence-electron chi connectivity index (χ2n) is 4.60. The zero-order valence-corrected chi connectivity index (χ0v) is 11.1. The van der Waals surface area contributed by atoms with Gasteiger partial charge in [0.25, 0.3) is 0 Å².